The Balaban J connectivity index is 3.06. The molecule has 86 valence electrons. The summed E-state index contributed by atoms with van der Waals surface area (Å²) in [6.07, 6.45) is 0. The fraction of sp³-hybridized carbons (Fsp3) is 0.200. The standard InChI is InChI=1S/C10H7BrF2O3/c1-2-16-10(15)9(14)5-3-6(12)8(11)7(13)4-5/h3-4H,2H2,1H3. The minimum atomic E-state index is -1.14. The Labute approximate surface area is 98.5 Å². The summed E-state index contributed by atoms with van der Waals surface area (Å²) in [5.74, 6) is -4.11. The zero-order valence-electron chi connectivity index (χ0n) is 8.22. The number of benzene rings is 1. The summed E-state index contributed by atoms with van der Waals surface area (Å²) in [6.45, 7) is 1.54. The Morgan fingerprint density at radius 3 is 2.25 bits per heavy atom. The molecule has 0 saturated carbocycles. The summed E-state index contributed by atoms with van der Waals surface area (Å²) in [7, 11) is 0. The summed E-state index contributed by atoms with van der Waals surface area (Å²) < 4.78 is 30.2. The van der Waals surface area contributed by atoms with Gasteiger partial charge >= 0.3 is 5.97 Å². The van der Waals surface area contributed by atoms with Gasteiger partial charge in [0, 0.05) is 5.56 Å². The van der Waals surface area contributed by atoms with Gasteiger partial charge in [0.25, 0.3) is 5.78 Å². The molecule has 1 aromatic rings. The van der Waals surface area contributed by atoms with Gasteiger partial charge in [-0.3, -0.25) is 4.79 Å². The van der Waals surface area contributed by atoms with Crippen molar-refractivity contribution in [2.45, 2.75) is 6.92 Å². The summed E-state index contributed by atoms with van der Waals surface area (Å²) in [6, 6.07) is 1.54. The van der Waals surface area contributed by atoms with Crippen LogP contribution in [0.3, 0.4) is 0 Å². The summed E-state index contributed by atoms with van der Waals surface area (Å²) in [5, 5.41) is 0. The molecule has 0 aromatic heterocycles. The number of hydrogen-bond acceptors (Lipinski definition) is 3. The van der Waals surface area contributed by atoms with Crippen molar-refractivity contribution >= 4 is 27.7 Å². The molecule has 0 bridgehead atoms. The highest BCUT2D eigenvalue weighted by molar-refractivity contribution is 9.10. The maximum atomic E-state index is 13.1. The van der Waals surface area contributed by atoms with Crippen LogP contribution < -0.4 is 0 Å². The average molecular weight is 293 g/mol. The van der Waals surface area contributed by atoms with Gasteiger partial charge in [-0.25, -0.2) is 13.6 Å². The molecule has 0 saturated heterocycles. The molecule has 0 aliphatic rings. The number of esters is 1. The molecule has 1 aromatic carbocycles. The number of ether oxygens (including phenoxy) is 1. The molecule has 0 N–H and O–H groups in total. The van der Waals surface area contributed by atoms with Crippen LogP contribution >= 0.6 is 15.9 Å². The largest absolute Gasteiger partial charge is 0.460 e. The maximum Gasteiger partial charge on any atom is 0.379 e. The Morgan fingerprint density at radius 1 is 1.31 bits per heavy atom. The highest BCUT2D eigenvalue weighted by Gasteiger charge is 2.20. The third kappa shape index (κ3) is 2.63. The minimum Gasteiger partial charge on any atom is -0.460 e. The molecule has 0 amide bonds. The zero-order chi connectivity index (χ0) is 12.3. The van der Waals surface area contributed by atoms with Crippen molar-refractivity contribution in [2.75, 3.05) is 6.61 Å². The first-order valence-corrected chi connectivity index (χ1v) is 5.12. The van der Waals surface area contributed by atoms with Gasteiger partial charge in [0.2, 0.25) is 0 Å². The Kier molecular flexibility index (Phi) is 4.12. The zero-order valence-corrected chi connectivity index (χ0v) is 9.81. The number of Topliss-reactive ketones (excluding diaryl/α,β-unsaturated/α-hetero) is 1. The molecule has 0 radical (unpaired) electrons. The van der Waals surface area contributed by atoms with E-state index in [1.54, 1.807) is 0 Å². The molecule has 0 unspecified atom stereocenters. The molecule has 0 heterocycles. The van der Waals surface area contributed by atoms with E-state index < -0.39 is 23.4 Å². The maximum absolute atomic E-state index is 13.1. The molecule has 0 fully saturated rings. The number of hydrogen-bond donors (Lipinski definition) is 0. The Hall–Kier alpha value is -1.30. The normalized spacial score (nSPS) is 10.0. The van der Waals surface area contributed by atoms with E-state index in [1.807, 2.05) is 0 Å². The van der Waals surface area contributed by atoms with E-state index in [0.29, 0.717) is 0 Å². The summed E-state index contributed by atoms with van der Waals surface area (Å²) >= 11 is 2.65. The lowest BCUT2D eigenvalue weighted by molar-refractivity contribution is -0.137. The van der Waals surface area contributed by atoms with Crippen LogP contribution in [-0.2, 0) is 9.53 Å². The fourth-order valence-electron chi connectivity index (χ4n) is 1.00. The van der Waals surface area contributed by atoms with E-state index in [1.165, 1.54) is 6.92 Å². The number of halogens is 3. The van der Waals surface area contributed by atoms with E-state index in [4.69, 9.17) is 0 Å². The third-order valence-corrected chi connectivity index (χ3v) is 2.46. The van der Waals surface area contributed by atoms with Crippen LogP contribution in [0.15, 0.2) is 16.6 Å². The molecule has 0 atom stereocenters. The number of carbonyl (C=O) groups excluding carboxylic acids is 2. The topological polar surface area (TPSA) is 43.4 Å². The van der Waals surface area contributed by atoms with Gasteiger partial charge in [0.05, 0.1) is 11.1 Å². The highest BCUT2D eigenvalue weighted by Crippen LogP contribution is 2.21. The van der Waals surface area contributed by atoms with Gasteiger partial charge in [-0.1, -0.05) is 0 Å². The van der Waals surface area contributed by atoms with E-state index in [-0.39, 0.29) is 16.6 Å². The summed E-state index contributed by atoms with van der Waals surface area (Å²) in [4.78, 5) is 22.3. The second kappa shape index (κ2) is 5.16. The van der Waals surface area contributed by atoms with Gasteiger partial charge in [-0.05, 0) is 35.0 Å². The fourth-order valence-corrected chi connectivity index (χ4v) is 1.23. The smallest absolute Gasteiger partial charge is 0.379 e. The third-order valence-electron chi connectivity index (χ3n) is 1.71. The van der Waals surface area contributed by atoms with Crippen molar-refractivity contribution < 1.29 is 23.1 Å². The van der Waals surface area contributed by atoms with Gasteiger partial charge in [-0.2, -0.15) is 0 Å². The van der Waals surface area contributed by atoms with Crippen molar-refractivity contribution in [1.29, 1.82) is 0 Å². The lowest BCUT2D eigenvalue weighted by atomic mass is 10.1. The van der Waals surface area contributed by atoms with Gasteiger partial charge in [-0.15, -0.1) is 0 Å². The van der Waals surface area contributed by atoms with Crippen LogP contribution in [0.4, 0.5) is 8.78 Å². The van der Waals surface area contributed by atoms with Gasteiger partial charge < -0.3 is 4.74 Å². The van der Waals surface area contributed by atoms with Crippen molar-refractivity contribution in [2.24, 2.45) is 0 Å². The SMILES string of the molecule is CCOC(=O)C(=O)c1cc(F)c(Br)c(F)c1. The Morgan fingerprint density at radius 2 is 1.81 bits per heavy atom. The monoisotopic (exact) mass is 292 g/mol. The van der Waals surface area contributed by atoms with E-state index >= 15 is 0 Å². The molecular formula is C10H7BrF2O3. The van der Waals surface area contributed by atoms with Crippen molar-refractivity contribution in [3.05, 3.63) is 33.8 Å². The molecule has 1 rings (SSSR count). The molecule has 0 aliphatic heterocycles. The highest BCUT2D eigenvalue weighted by atomic mass is 79.9. The van der Waals surface area contributed by atoms with Crippen LogP contribution in [0, 0.1) is 11.6 Å². The molecule has 16 heavy (non-hydrogen) atoms. The van der Waals surface area contributed by atoms with Crippen molar-refractivity contribution in [3.63, 3.8) is 0 Å². The number of carbonyl (C=O) groups is 2. The first-order chi connectivity index (χ1) is 7.47. The van der Waals surface area contributed by atoms with Gasteiger partial charge in [0.15, 0.2) is 0 Å². The van der Waals surface area contributed by atoms with Crippen LogP contribution in [0.2, 0.25) is 0 Å². The predicted octanol–water partition coefficient (Wildman–Crippen LogP) is 2.47. The van der Waals surface area contributed by atoms with Crippen molar-refractivity contribution in [3.8, 4) is 0 Å². The van der Waals surface area contributed by atoms with E-state index in [0.717, 1.165) is 12.1 Å². The average Bonchev–Trinajstić information content (AvgIpc) is 2.24. The molecule has 3 nitrogen and oxygen atoms in total. The second-order valence-electron chi connectivity index (χ2n) is 2.80. The van der Waals surface area contributed by atoms with Crippen LogP contribution in [0.25, 0.3) is 0 Å². The van der Waals surface area contributed by atoms with E-state index in [2.05, 4.69) is 20.7 Å². The summed E-state index contributed by atoms with van der Waals surface area (Å²) in [5.41, 5.74) is -0.378. The first-order valence-electron chi connectivity index (χ1n) is 4.33. The molecule has 0 spiro atoms. The molecular weight excluding hydrogens is 286 g/mol. The van der Waals surface area contributed by atoms with Crippen LogP contribution in [-0.4, -0.2) is 18.4 Å². The lowest BCUT2D eigenvalue weighted by Gasteiger charge is -2.03. The quantitative estimate of drug-likeness (QED) is 0.372. The minimum absolute atomic E-state index is 0.0199. The van der Waals surface area contributed by atoms with Crippen LogP contribution in [0.5, 0.6) is 0 Å². The Bertz CT molecular complexity index is 423. The predicted molar refractivity (Wildman–Crippen MR) is 55.0 cm³/mol. The lowest BCUT2D eigenvalue weighted by Crippen LogP contribution is -2.18. The van der Waals surface area contributed by atoms with E-state index in [9.17, 15) is 18.4 Å². The number of ketones is 1. The number of rotatable bonds is 3. The molecule has 0 aliphatic carbocycles. The first kappa shape index (κ1) is 12.8. The second-order valence-corrected chi connectivity index (χ2v) is 3.60. The van der Waals surface area contributed by atoms with Gasteiger partial charge in [0.1, 0.15) is 11.6 Å². The van der Waals surface area contributed by atoms with Crippen LogP contribution in [0.1, 0.15) is 17.3 Å². The van der Waals surface area contributed by atoms with Crippen molar-refractivity contribution in [1.82, 2.24) is 0 Å². The molecule has 6 heteroatoms.